The molecular weight excluding hydrogens is 202 g/mol. The lowest BCUT2D eigenvalue weighted by Crippen LogP contribution is -2.14. The topological polar surface area (TPSA) is 62.4 Å². The van der Waals surface area contributed by atoms with Gasteiger partial charge in [0.15, 0.2) is 0 Å². The largest absolute Gasteiger partial charge is 0.295 e. The van der Waals surface area contributed by atoms with Gasteiger partial charge in [0, 0.05) is 0 Å². The molecule has 2 unspecified atom stereocenters. The number of benzene rings is 1. The van der Waals surface area contributed by atoms with Crippen LogP contribution < -0.4 is 21.5 Å². The number of rotatable bonds is 4. The van der Waals surface area contributed by atoms with E-state index in [2.05, 4.69) is 24.9 Å². The second-order valence-electron chi connectivity index (χ2n) is 2.28. The van der Waals surface area contributed by atoms with Crippen molar-refractivity contribution >= 4 is 29.6 Å². The predicted octanol–water partition coefficient (Wildman–Crippen LogP) is 0.0823. The van der Waals surface area contributed by atoms with Crippen LogP contribution in [-0.4, -0.2) is 6.21 Å². The first-order chi connectivity index (χ1) is 6.36. The number of hydrogen-bond donors (Lipinski definition) is 3. The third kappa shape index (κ3) is 3.79. The van der Waals surface area contributed by atoms with Crippen molar-refractivity contribution in [3.8, 4) is 0 Å². The predicted molar refractivity (Wildman–Crippen MR) is 62.2 cm³/mol. The van der Waals surface area contributed by atoms with E-state index in [1.807, 2.05) is 24.3 Å². The maximum absolute atomic E-state index is 5.20. The molecule has 1 aromatic rings. The van der Waals surface area contributed by atoms with E-state index in [9.17, 15) is 0 Å². The third-order valence-corrected chi connectivity index (χ3v) is 2.33. The molecular formula is C7H12N4P2. The van der Waals surface area contributed by atoms with Gasteiger partial charge in [0.1, 0.15) is 0 Å². The normalized spacial score (nSPS) is 11.5. The molecule has 6 heteroatoms. The van der Waals surface area contributed by atoms with Crippen LogP contribution in [-0.2, 0) is 0 Å². The van der Waals surface area contributed by atoms with Gasteiger partial charge in [-0.3, -0.25) is 11.0 Å². The summed E-state index contributed by atoms with van der Waals surface area (Å²) in [6.45, 7) is 0. The molecule has 0 aliphatic heterocycles. The molecule has 0 spiro atoms. The van der Waals surface area contributed by atoms with Crippen molar-refractivity contribution in [2.24, 2.45) is 10.9 Å². The Morgan fingerprint density at radius 1 is 1.38 bits per heavy atom. The first kappa shape index (κ1) is 10.6. The summed E-state index contributed by atoms with van der Waals surface area (Å²) in [5, 5.41) is 10.3. The van der Waals surface area contributed by atoms with Gasteiger partial charge in [-0.2, -0.15) is 5.10 Å². The minimum Gasteiger partial charge on any atom is -0.295 e. The fourth-order valence-electron chi connectivity index (χ4n) is 0.848. The second kappa shape index (κ2) is 6.01. The average Bonchev–Trinajstić information content (AvgIpc) is 2.17. The van der Waals surface area contributed by atoms with Crippen LogP contribution >= 0.6 is 18.1 Å². The SMILES string of the molecule is NNPc1ccc(/C=N/NP)cc1. The van der Waals surface area contributed by atoms with E-state index in [-0.39, 0.29) is 0 Å². The molecule has 0 fully saturated rings. The van der Waals surface area contributed by atoms with Crippen molar-refractivity contribution in [3.05, 3.63) is 29.8 Å². The van der Waals surface area contributed by atoms with Crippen molar-refractivity contribution in [1.29, 1.82) is 0 Å². The number of hydrogen-bond acceptors (Lipinski definition) is 4. The van der Waals surface area contributed by atoms with E-state index in [4.69, 9.17) is 5.84 Å². The molecule has 2 atom stereocenters. The molecule has 0 aliphatic carbocycles. The maximum atomic E-state index is 5.20. The molecule has 1 rings (SSSR count). The molecule has 1 aromatic carbocycles. The standard InChI is InChI=1S/C7H12N4P2/c8-10-13-7-3-1-6(2-4-7)5-9-11-12/h1-5,10-11,13H,8,12H2/b9-5+. The van der Waals surface area contributed by atoms with E-state index >= 15 is 0 Å². The Kier molecular flexibility index (Phi) is 4.87. The van der Waals surface area contributed by atoms with Crippen LogP contribution in [0.5, 0.6) is 0 Å². The fourth-order valence-corrected chi connectivity index (χ4v) is 1.42. The Morgan fingerprint density at radius 3 is 2.62 bits per heavy atom. The van der Waals surface area contributed by atoms with Crippen molar-refractivity contribution in [2.45, 2.75) is 0 Å². The van der Waals surface area contributed by atoms with Gasteiger partial charge in [0.2, 0.25) is 0 Å². The maximum Gasteiger partial charge on any atom is 0.0543 e. The molecule has 4 N–H and O–H groups in total. The lowest BCUT2D eigenvalue weighted by atomic mass is 10.2. The van der Waals surface area contributed by atoms with Gasteiger partial charge in [0.25, 0.3) is 0 Å². The smallest absolute Gasteiger partial charge is 0.0543 e. The van der Waals surface area contributed by atoms with Crippen molar-refractivity contribution in [3.63, 3.8) is 0 Å². The van der Waals surface area contributed by atoms with E-state index in [1.54, 1.807) is 6.21 Å². The number of hydrazine groups is 1. The average molecular weight is 214 g/mol. The molecule has 13 heavy (non-hydrogen) atoms. The Bertz CT molecular complexity index is 272. The van der Waals surface area contributed by atoms with E-state index in [1.165, 1.54) is 5.30 Å². The Balaban J connectivity index is 2.64. The first-order valence-electron chi connectivity index (χ1n) is 3.67. The molecule has 0 aliphatic rings. The fraction of sp³-hybridized carbons (Fsp3) is 0. The number of nitrogens with zero attached hydrogens (tertiary/aromatic N) is 1. The summed E-state index contributed by atoms with van der Waals surface area (Å²) >= 11 is 0. The number of nitrogens with one attached hydrogen (secondary N) is 2. The van der Waals surface area contributed by atoms with Gasteiger partial charge in [-0.15, -0.1) is 0 Å². The molecule has 0 bridgehead atoms. The molecule has 0 radical (unpaired) electrons. The Morgan fingerprint density at radius 2 is 2.08 bits per heavy atom. The highest BCUT2D eigenvalue weighted by molar-refractivity contribution is 7.44. The van der Waals surface area contributed by atoms with Crippen LogP contribution in [0.4, 0.5) is 0 Å². The van der Waals surface area contributed by atoms with Crippen LogP contribution in [0, 0.1) is 0 Å². The highest BCUT2D eigenvalue weighted by Crippen LogP contribution is 2.02. The summed E-state index contributed by atoms with van der Waals surface area (Å²) in [4.78, 5) is 0. The van der Waals surface area contributed by atoms with Crippen LogP contribution in [0.25, 0.3) is 0 Å². The van der Waals surface area contributed by atoms with Gasteiger partial charge in [0.05, 0.1) is 6.21 Å². The monoisotopic (exact) mass is 214 g/mol. The second-order valence-corrected chi connectivity index (χ2v) is 3.65. The molecule has 4 nitrogen and oxygen atoms in total. The highest BCUT2D eigenvalue weighted by Gasteiger charge is 1.90. The van der Waals surface area contributed by atoms with Crippen LogP contribution in [0.3, 0.4) is 0 Å². The zero-order valence-corrected chi connectivity index (χ0v) is 9.14. The molecule has 70 valence electrons. The highest BCUT2D eigenvalue weighted by atomic mass is 31.1. The third-order valence-electron chi connectivity index (χ3n) is 1.42. The van der Waals surface area contributed by atoms with Crippen LogP contribution in [0.15, 0.2) is 29.4 Å². The van der Waals surface area contributed by atoms with Crippen LogP contribution in [0.1, 0.15) is 5.56 Å². The molecule has 0 aromatic heterocycles. The van der Waals surface area contributed by atoms with Crippen molar-refractivity contribution < 1.29 is 0 Å². The summed E-state index contributed by atoms with van der Waals surface area (Å²) in [6, 6.07) is 8.02. The zero-order chi connectivity index (χ0) is 9.52. The Hall–Kier alpha value is -0.530. The van der Waals surface area contributed by atoms with Gasteiger partial charge in [-0.1, -0.05) is 24.3 Å². The Labute approximate surface area is 81.4 Å². The number of hydrazone groups is 1. The lowest BCUT2D eigenvalue weighted by Gasteiger charge is -1.99. The van der Waals surface area contributed by atoms with Gasteiger partial charge < -0.3 is 0 Å². The molecule has 0 amide bonds. The van der Waals surface area contributed by atoms with E-state index < -0.39 is 0 Å². The summed E-state index contributed by atoms with van der Waals surface area (Å²) in [5.41, 5.74) is 1.06. The minimum atomic E-state index is 0.449. The van der Waals surface area contributed by atoms with Crippen LogP contribution in [0.2, 0.25) is 0 Å². The van der Waals surface area contributed by atoms with E-state index in [0.717, 1.165) is 5.56 Å². The summed E-state index contributed by atoms with van der Waals surface area (Å²) in [6.07, 6.45) is 1.75. The zero-order valence-electron chi connectivity index (χ0n) is 6.99. The van der Waals surface area contributed by atoms with Crippen molar-refractivity contribution in [1.82, 2.24) is 10.4 Å². The number of nitrogens with two attached hydrogens (primary N) is 1. The van der Waals surface area contributed by atoms with Gasteiger partial charge in [-0.25, -0.2) is 5.20 Å². The minimum absolute atomic E-state index is 0.449. The summed E-state index contributed by atoms with van der Waals surface area (Å²) < 4.78 is 0. The van der Waals surface area contributed by atoms with E-state index in [0.29, 0.717) is 8.73 Å². The summed E-state index contributed by atoms with van der Waals surface area (Å²) in [7, 11) is 2.75. The lowest BCUT2D eigenvalue weighted by molar-refractivity contribution is 1.11. The quantitative estimate of drug-likeness (QED) is 0.288. The summed E-state index contributed by atoms with van der Waals surface area (Å²) in [5.74, 6) is 5.20. The van der Waals surface area contributed by atoms with Gasteiger partial charge >= 0.3 is 0 Å². The molecule has 0 saturated carbocycles. The first-order valence-corrected chi connectivity index (χ1v) is 5.25. The molecule has 0 saturated heterocycles. The molecule has 0 heterocycles. The van der Waals surface area contributed by atoms with Gasteiger partial charge in [-0.05, 0) is 29.0 Å². The van der Waals surface area contributed by atoms with Crippen molar-refractivity contribution in [2.75, 3.05) is 0 Å².